The molecule has 11 nitrogen and oxygen atoms in total. The van der Waals surface area contributed by atoms with Crippen LogP contribution in [0.15, 0.2) is 36.8 Å². The van der Waals surface area contributed by atoms with Crippen molar-refractivity contribution >= 4 is 27.7 Å². The van der Waals surface area contributed by atoms with E-state index in [9.17, 15) is 22.8 Å². The molecule has 3 amide bonds. The van der Waals surface area contributed by atoms with Gasteiger partial charge in [-0.3, -0.25) is 14.4 Å². The zero-order valence-corrected chi connectivity index (χ0v) is 28.1. The number of rotatable bonds is 11. The van der Waals surface area contributed by atoms with E-state index in [1.165, 1.54) is 11.1 Å². The lowest BCUT2D eigenvalue weighted by molar-refractivity contribution is -0.130. The van der Waals surface area contributed by atoms with Crippen LogP contribution < -0.4 is 16.4 Å². The van der Waals surface area contributed by atoms with Crippen LogP contribution in [0.2, 0.25) is 0 Å². The largest absolute Gasteiger partial charge is 0.370 e. The lowest BCUT2D eigenvalue weighted by Crippen LogP contribution is -2.58. The van der Waals surface area contributed by atoms with Crippen molar-refractivity contribution in [1.29, 1.82) is 0 Å². The Bertz CT molecular complexity index is 1610. The van der Waals surface area contributed by atoms with Crippen molar-refractivity contribution in [3.63, 3.8) is 0 Å². The van der Waals surface area contributed by atoms with E-state index in [2.05, 4.69) is 53.7 Å². The molecule has 2 aromatic rings. The van der Waals surface area contributed by atoms with Crippen LogP contribution in [0.4, 0.5) is 0 Å². The number of hydrogen-bond acceptors (Lipinski definition) is 6. The summed E-state index contributed by atoms with van der Waals surface area (Å²) in [5.74, 6) is -1.09. The number of amides is 3. The van der Waals surface area contributed by atoms with Crippen LogP contribution in [0, 0.1) is 16.7 Å². The van der Waals surface area contributed by atoms with E-state index in [-0.39, 0.29) is 53.7 Å². The molecular formula is C34H48N6O5S. The number of imidazole rings is 1. The van der Waals surface area contributed by atoms with Crippen LogP contribution in [0.5, 0.6) is 0 Å². The first kappa shape index (κ1) is 32.7. The Morgan fingerprint density at radius 2 is 1.85 bits per heavy atom. The maximum absolute atomic E-state index is 14.2. The molecule has 250 valence electrons. The quantitative estimate of drug-likeness (QED) is 0.338. The van der Waals surface area contributed by atoms with Crippen LogP contribution in [0.3, 0.4) is 0 Å². The molecule has 1 aromatic carbocycles. The molecule has 3 fully saturated rings. The zero-order valence-electron chi connectivity index (χ0n) is 27.3. The summed E-state index contributed by atoms with van der Waals surface area (Å²) >= 11 is 0. The number of carbonyl (C=O) groups excluding carboxylic acids is 3. The summed E-state index contributed by atoms with van der Waals surface area (Å²) in [6.07, 6.45) is 9.28. The number of hydrogen-bond donors (Lipinski definition) is 3. The second-order valence-electron chi connectivity index (χ2n) is 14.8. The standard InChI is InChI=1S/C34H48N6O5S/c1-32(2)24-11-13-34(32,21-46(44,45)40-16-14-33(15-17-40)12-10-23-6-4-5-7-26(23)33)28(18-24)38-31(43)27(8-9-29(35)41)37-30(42)19-25-20-36-22-39(25)3/h4-7,20,22,24,27-28H,8-19,21H2,1-3H3,(H2,35,41)(H,37,42)(H,38,43)/t24-,27+,28+,34-/m1/s1. The Kier molecular flexibility index (Phi) is 8.58. The number of fused-ring (bicyclic) bond motifs is 4. The van der Waals surface area contributed by atoms with Crippen molar-refractivity contribution in [2.75, 3.05) is 18.8 Å². The van der Waals surface area contributed by atoms with E-state index in [1.54, 1.807) is 28.4 Å². The normalized spacial score (nSPS) is 26.9. The molecule has 6 rings (SSSR count). The number of nitrogens with one attached hydrogen (secondary N) is 2. The lowest BCUT2D eigenvalue weighted by Gasteiger charge is -2.45. The molecule has 1 saturated heterocycles. The van der Waals surface area contributed by atoms with Gasteiger partial charge in [-0.15, -0.1) is 0 Å². The van der Waals surface area contributed by atoms with E-state index >= 15 is 0 Å². The van der Waals surface area contributed by atoms with E-state index in [0.29, 0.717) is 31.6 Å². The highest BCUT2D eigenvalue weighted by Crippen LogP contribution is 2.66. The van der Waals surface area contributed by atoms with Gasteiger partial charge in [-0.1, -0.05) is 38.1 Å². The van der Waals surface area contributed by atoms with Gasteiger partial charge in [-0.25, -0.2) is 17.7 Å². The van der Waals surface area contributed by atoms with E-state index in [1.807, 2.05) is 0 Å². The molecule has 12 heteroatoms. The van der Waals surface area contributed by atoms with E-state index < -0.39 is 33.3 Å². The average molecular weight is 653 g/mol. The minimum Gasteiger partial charge on any atom is -0.370 e. The van der Waals surface area contributed by atoms with Crippen molar-refractivity contribution in [2.24, 2.45) is 29.5 Å². The summed E-state index contributed by atoms with van der Waals surface area (Å²) in [6.45, 7) is 5.30. The first-order chi connectivity index (χ1) is 21.8. The van der Waals surface area contributed by atoms with Crippen LogP contribution in [-0.2, 0) is 49.7 Å². The topological polar surface area (TPSA) is 156 Å². The molecule has 1 spiro atoms. The van der Waals surface area contributed by atoms with Crippen LogP contribution in [0.1, 0.15) is 82.0 Å². The van der Waals surface area contributed by atoms with Gasteiger partial charge in [-0.05, 0) is 79.2 Å². The third-order valence-corrected chi connectivity index (χ3v) is 14.3. The highest BCUT2D eigenvalue weighted by atomic mass is 32.2. The number of primary amides is 1. The van der Waals surface area contributed by atoms with Gasteiger partial charge in [0.1, 0.15) is 6.04 Å². The second-order valence-corrected chi connectivity index (χ2v) is 16.8. The molecule has 4 atom stereocenters. The third kappa shape index (κ3) is 5.76. The number of nitrogens with zero attached hydrogens (tertiary/aromatic N) is 3. The van der Waals surface area contributed by atoms with Crippen molar-refractivity contribution in [2.45, 2.75) is 95.6 Å². The molecule has 3 aliphatic carbocycles. The number of piperidine rings is 1. The first-order valence-electron chi connectivity index (χ1n) is 16.7. The Hall–Kier alpha value is -3.25. The molecule has 2 bridgehead atoms. The van der Waals surface area contributed by atoms with Gasteiger partial charge >= 0.3 is 0 Å². The SMILES string of the molecule is Cn1cncc1CC(=O)N[C@@H](CCC(N)=O)C(=O)N[C@H]1C[C@H]2CC[C@]1(CS(=O)(=O)N1CCC3(CCc4ccccc43)CC1)C2(C)C. The summed E-state index contributed by atoms with van der Waals surface area (Å²) in [5.41, 5.74) is 7.99. The Morgan fingerprint density at radius 1 is 1.11 bits per heavy atom. The average Bonchev–Trinajstić information content (AvgIpc) is 3.69. The minimum atomic E-state index is -3.62. The molecule has 1 aromatic heterocycles. The number of nitrogens with two attached hydrogens (primary N) is 1. The van der Waals surface area contributed by atoms with Crippen LogP contribution in [-0.4, -0.2) is 70.9 Å². The zero-order chi connectivity index (χ0) is 32.9. The molecular weight excluding hydrogens is 604 g/mol. The molecule has 2 heterocycles. The summed E-state index contributed by atoms with van der Waals surface area (Å²) < 4.78 is 31.9. The number of aromatic nitrogens is 2. The minimum absolute atomic E-state index is 0.0170. The fraction of sp³-hybridized carbons (Fsp3) is 0.647. The maximum Gasteiger partial charge on any atom is 0.242 e. The summed E-state index contributed by atoms with van der Waals surface area (Å²) in [5, 5.41) is 5.97. The predicted octanol–water partition coefficient (Wildman–Crippen LogP) is 2.33. The van der Waals surface area contributed by atoms with Gasteiger partial charge in [0.05, 0.1) is 18.5 Å². The number of carbonyl (C=O) groups is 3. The highest BCUT2D eigenvalue weighted by Gasteiger charge is 2.66. The first-order valence-corrected chi connectivity index (χ1v) is 18.3. The molecule has 1 aliphatic heterocycles. The second kappa shape index (κ2) is 12.1. The third-order valence-electron chi connectivity index (χ3n) is 12.3. The van der Waals surface area contributed by atoms with Gasteiger partial charge in [0.15, 0.2) is 0 Å². The molecule has 46 heavy (non-hydrogen) atoms. The van der Waals surface area contributed by atoms with E-state index in [4.69, 9.17) is 5.73 Å². The van der Waals surface area contributed by atoms with Gasteiger partial charge in [0.2, 0.25) is 27.7 Å². The lowest BCUT2D eigenvalue weighted by atomic mass is 9.69. The maximum atomic E-state index is 14.2. The molecule has 0 unspecified atom stereocenters. The smallest absolute Gasteiger partial charge is 0.242 e. The Morgan fingerprint density at radius 3 is 2.52 bits per heavy atom. The number of aryl methyl sites for hydroxylation is 2. The summed E-state index contributed by atoms with van der Waals surface area (Å²) in [7, 11) is -1.84. The van der Waals surface area contributed by atoms with Crippen molar-refractivity contribution in [1.82, 2.24) is 24.5 Å². The summed E-state index contributed by atoms with van der Waals surface area (Å²) in [4.78, 5) is 42.4. The van der Waals surface area contributed by atoms with Gasteiger partial charge in [0.25, 0.3) is 0 Å². The highest BCUT2D eigenvalue weighted by molar-refractivity contribution is 7.89. The van der Waals surface area contributed by atoms with Gasteiger partial charge in [-0.2, -0.15) is 0 Å². The van der Waals surface area contributed by atoms with Gasteiger partial charge in [0, 0.05) is 49.9 Å². The molecule has 2 saturated carbocycles. The van der Waals surface area contributed by atoms with E-state index in [0.717, 1.165) is 32.1 Å². The van der Waals surface area contributed by atoms with Crippen molar-refractivity contribution in [3.05, 3.63) is 53.6 Å². The summed E-state index contributed by atoms with van der Waals surface area (Å²) in [6, 6.07) is 7.25. The Labute approximate surface area is 272 Å². The monoisotopic (exact) mass is 652 g/mol. The number of sulfonamides is 1. The fourth-order valence-electron chi connectivity index (χ4n) is 9.31. The fourth-order valence-corrected chi connectivity index (χ4v) is 11.6. The molecule has 4 aliphatic rings. The van der Waals surface area contributed by atoms with Crippen molar-refractivity contribution in [3.8, 4) is 0 Å². The Balaban J connectivity index is 1.16. The van der Waals surface area contributed by atoms with Crippen LogP contribution in [0.25, 0.3) is 0 Å². The van der Waals surface area contributed by atoms with Gasteiger partial charge < -0.3 is 20.9 Å². The van der Waals surface area contributed by atoms with Crippen LogP contribution >= 0.6 is 0 Å². The predicted molar refractivity (Wildman–Crippen MR) is 174 cm³/mol. The molecule has 4 N–H and O–H groups in total. The number of benzene rings is 1. The van der Waals surface area contributed by atoms with Crippen molar-refractivity contribution < 1.29 is 22.8 Å². The molecule has 0 radical (unpaired) electrons.